The van der Waals surface area contributed by atoms with E-state index in [9.17, 15) is 4.79 Å². The smallest absolute Gasteiger partial charge is 0.244 e. The lowest BCUT2D eigenvalue weighted by molar-refractivity contribution is -0.130. The SMILES string of the molecule is COc1ccc(-c2ccc3ncnc(NC(C)C(=O)N4CCCC4)c3c2)cn1. The van der Waals surface area contributed by atoms with Crippen LogP contribution in [0.25, 0.3) is 22.0 Å². The molecular formula is C21H23N5O2. The number of anilines is 1. The largest absolute Gasteiger partial charge is 0.481 e. The standard InChI is InChI=1S/C21H23N5O2/c1-14(21(27)26-9-3-4-10-26)25-20-17-11-15(5-7-18(17)23-13-24-20)16-6-8-19(28-2)22-12-16/h5-8,11-14H,3-4,9-10H2,1-2H3,(H,23,24,25). The van der Waals surface area contributed by atoms with Crippen molar-refractivity contribution in [3.8, 4) is 17.0 Å². The molecule has 0 radical (unpaired) electrons. The molecule has 1 amide bonds. The first-order valence-electron chi connectivity index (χ1n) is 9.46. The maximum Gasteiger partial charge on any atom is 0.244 e. The molecule has 0 bridgehead atoms. The molecule has 1 aromatic carbocycles. The Kier molecular flexibility index (Phi) is 5.06. The van der Waals surface area contributed by atoms with Gasteiger partial charge in [0.25, 0.3) is 0 Å². The van der Waals surface area contributed by atoms with E-state index in [4.69, 9.17) is 4.74 Å². The summed E-state index contributed by atoms with van der Waals surface area (Å²) in [6.45, 7) is 3.56. The number of benzene rings is 1. The third kappa shape index (κ3) is 3.60. The Morgan fingerprint density at radius 2 is 1.89 bits per heavy atom. The van der Waals surface area contributed by atoms with E-state index >= 15 is 0 Å². The Labute approximate surface area is 163 Å². The molecule has 0 spiro atoms. The molecule has 7 heteroatoms. The average Bonchev–Trinajstić information content (AvgIpc) is 3.28. The number of hydrogen-bond donors (Lipinski definition) is 1. The number of hydrogen-bond acceptors (Lipinski definition) is 6. The number of rotatable bonds is 5. The maximum absolute atomic E-state index is 12.6. The second-order valence-electron chi connectivity index (χ2n) is 6.94. The first kappa shape index (κ1) is 18.2. The molecule has 4 rings (SSSR count). The van der Waals surface area contributed by atoms with E-state index in [1.807, 2.05) is 42.2 Å². The van der Waals surface area contributed by atoms with Crippen LogP contribution in [0.4, 0.5) is 5.82 Å². The topological polar surface area (TPSA) is 80.2 Å². The van der Waals surface area contributed by atoms with Crippen LogP contribution in [-0.4, -0.2) is 52.0 Å². The summed E-state index contributed by atoms with van der Waals surface area (Å²) in [7, 11) is 1.60. The molecule has 3 aromatic rings. The minimum atomic E-state index is -0.345. The number of nitrogens with zero attached hydrogens (tertiary/aromatic N) is 4. The molecule has 1 atom stereocenters. The molecule has 144 valence electrons. The van der Waals surface area contributed by atoms with Crippen LogP contribution in [0.1, 0.15) is 19.8 Å². The first-order valence-corrected chi connectivity index (χ1v) is 9.46. The highest BCUT2D eigenvalue weighted by Crippen LogP contribution is 2.27. The van der Waals surface area contributed by atoms with Crippen molar-refractivity contribution in [3.63, 3.8) is 0 Å². The lowest BCUT2D eigenvalue weighted by Crippen LogP contribution is -2.39. The Balaban J connectivity index is 1.63. The van der Waals surface area contributed by atoms with Crippen LogP contribution < -0.4 is 10.1 Å². The quantitative estimate of drug-likeness (QED) is 0.736. The highest BCUT2D eigenvalue weighted by Gasteiger charge is 2.23. The van der Waals surface area contributed by atoms with E-state index in [2.05, 4.69) is 20.3 Å². The highest BCUT2D eigenvalue weighted by atomic mass is 16.5. The highest BCUT2D eigenvalue weighted by molar-refractivity contribution is 5.94. The van der Waals surface area contributed by atoms with E-state index in [1.54, 1.807) is 13.3 Å². The number of ether oxygens (including phenoxy) is 1. The van der Waals surface area contributed by atoms with Crippen molar-refractivity contribution in [2.75, 3.05) is 25.5 Å². The first-order chi connectivity index (χ1) is 13.7. The van der Waals surface area contributed by atoms with Gasteiger partial charge in [0, 0.05) is 36.3 Å². The van der Waals surface area contributed by atoms with Gasteiger partial charge < -0.3 is 15.0 Å². The number of fused-ring (bicyclic) bond motifs is 1. The van der Waals surface area contributed by atoms with Crippen LogP contribution in [0, 0.1) is 0 Å². The Bertz CT molecular complexity index is 984. The Morgan fingerprint density at radius 3 is 2.61 bits per heavy atom. The Morgan fingerprint density at radius 1 is 1.11 bits per heavy atom. The zero-order valence-corrected chi connectivity index (χ0v) is 16.1. The normalized spacial score (nSPS) is 14.9. The summed E-state index contributed by atoms with van der Waals surface area (Å²) in [6, 6.07) is 9.42. The number of amides is 1. The summed E-state index contributed by atoms with van der Waals surface area (Å²) in [5.41, 5.74) is 2.79. The van der Waals surface area contributed by atoms with E-state index < -0.39 is 0 Å². The zero-order valence-electron chi connectivity index (χ0n) is 16.1. The number of likely N-dealkylation sites (tertiary alicyclic amines) is 1. The van der Waals surface area contributed by atoms with E-state index in [0.29, 0.717) is 11.7 Å². The van der Waals surface area contributed by atoms with Crippen LogP contribution in [0.3, 0.4) is 0 Å². The van der Waals surface area contributed by atoms with Gasteiger partial charge in [-0.2, -0.15) is 0 Å². The molecule has 2 aromatic heterocycles. The number of methoxy groups -OCH3 is 1. The van der Waals surface area contributed by atoms with Crippen LogP contribution in [0.5, 0.6) is 5.88 Å². The third-order valence-corrected chi connectivity index (χ3v) is 5.06. The minimum absolute atomic E-state index is 0.111. The number of pyridine rings is 1. The summed E-state index contributed by atoms with van der Waals surface area (Å²) in [5.74, 6) is 1.35. The van der Waals surface area contributed by atoms with Crippen molar-refractivity contribution >= 4 is 22.6 Å². The van der Waals surface area contributed by atoms with Crippen LogP contribution in [-0.2, 0) is 4.79 Å². The molecule has 1 N–H and O–H groups in total. The van der Waals surface area contributed by atoms with Crippen molar-refractivity contribution in [1.82, 2.24) is 19.9 Å². The van der Waals surface area contributed by atoms with E-state index in [0.717, 1.165) is 48.0 Å². The fourth-order valence-electron chi connectivity index (χ4n) is 3.50. The van der Waals surface area contributed by atoms with Gasteiger partial charge in [0.2, 0.25) is 11.8 Å². The molecule has 7 nitrogen and oxygen atoms in total. The number of nitrogens with one attached hydrogen (secondary N) is 1. The monoisotopic (exact) mass is 377 g/mol. The maximum atomic E-state index is 12.6. The Hall–Kier alpha value is -3.22. The van der Waals surface area contributed by atoms with E-state index in [1.165, 1.54) is 6.33 Å². The van der Waals surface area contributed by atoms with Gasteiger partial charge in [-0.05, 0) is 43.5 Å². The molecule has 1 unspecified atom stereocenters. The van der Waals surface area contributed by atoms with Gasteiger partial charge in [-0.25, -0.2) is 15.0 Å². The molecule has 1 aliphatic rings. The lowest BCUT2D eigenvalue weighted by Gasteiger charge is -2.22. The molecule has 0 saturated carbocycles. The van der Waals surface area contributed by atoms with Gasteiger partial charge in [0.1, 0.15) is 18.2 Å². The zero-order chi connectivity index (χ0) is 19.5. The van der Waals surface area contributed by atoms with Gasteiger partial charge in [0.15, 0.2) is 0 Å². The molecular weight excluding hydrogens is 354 g/mol. The summed E-state index contributed by atoms with van der Waals surface area (Å²) in [6.07, 6.45) is 5.45. The predicted octanol–water partition coefficient (Wildman–Crippen LogP) is 3.12. The summed E-state index contributed by atoms with van der Waals surface area (Å²) in [4.78, 5) is 27.6. The van der Waals surface area contributed by atoms with Crippen molar-refractivity contribution in [3.05, 3.63) is 42.9 Å². The fraction of sp³-hybridized carbons (Fsp3) is 0.333. The number of carbonyl (C=O) groups is 1. The summed E-state index contributed by atoms with van der Waals surface area (Å²) in [5, 5.41) is 4.15. The molecule has 1 fully saturated rings. The van der Waals surface area contributed by atoms with Gasteiger partial charge in [-0.3, -0.25) is 4.79 Å². The van der Waals surface area contributed by atoms with Gasteiger partial charge >= 0.3 is 0 Å². The molecule has 0 aliphatic carbocycles. The molecule has 3 heterocycles. The third-order valence-electron chi connectivity index (χ3n) is 5.06. The summed E-state index contributed by atoms with van der Waals surface area (Å²) >= 11 is 0. The van der Waals surface area contributed by atoms with Crippen molar-refractivity contribution in [2.45, 2.75) is 25.8 Å². The molecule has 28 heavy (non-hydrogen) atoms. The average molecular weight is 377 g/mol. The van der Waals surface area contributed by atoms with Crippen LogP contribution in [0.2, 0.25) is 0 Å². The molecule has 1 saturated heterocycles. The minimum Gasteiger partial charge on any atom is -0.481 e. The second kappa shape index (κ2) is 7.80. The van der Waals surface area contributed by atoms with Gasteiger partial charge in [-0.15, -0.1) is 0 Å². The number of aromatic nitrogens is 3. The van der Waals surface area contributed by atoms with Crippen molar-refractivity contribution in [2.24, 2.45) is 0 Å². The van der Waals surface area contributed by atoms with Gasteiger partial charge in [-0.1, -0.05) is 6.07 Å². The van der Waals surface area contributed by atoms with Gasteiger partial charge in [0.05, 0.1) is 12.6 Å². The van der Waals surface area contributed by atoms with Crippen LogP contribution in [0.15, 0.2) is 42.9 Å². The second-order valence-corrected chi connectivity index (χ2v) is 6.94. The number of carbonyl (C=O) groups excluding carboxylic acids is 1. The molecule has 1 aliphatic heterocycles. The summed E-state index contributed by atoms with van der Waals surface area (Å²) < 4.78 is 5.13. The predicted molar refractivity (Wildman–Crippen MR) is 108 cm³/mol. The van der Waals surface area contributed by atoms with Crippen molar-refractivity contribution in [1.29, 1.82) is 0 Å². The van der Waals surface area contributed by atoms with Crippen LogP contribution >= 0.6 is 0 Å². The van der Waals surface area contributed by atoms with E-state index in [-0.39, 0.29) is 11.9 Å². The lowest BCUT2D eigenvalue weighted by atomic mass is 10.1. The van der Waals surface area contributed by atoms with Crippen molar-refractivity contribution < 1.29 is 9.53 Å². The fourth-order valence-corrected chi connectivity index (χ4v) is 3.50.